The summed E-state index contributed by atoms with van der Waals surface area (Å²) in [5.74, 6) is 0.857. The Morgan fingerprint density at radius 3 is 2.86 bits per heavy atom. The zero-order valence-corrected chi connectivity index (χ0v) is 9.55. The minimum atomic E-state index is 0.136. The van der Waals surface area contributed by atoms with Crippen molar-refractivity contribution in [1.82, 2.24) is 10.2 Å². The standard InChI is InChI=1S/C11H22N2O/c1-4-12-11(14)10-6-5-7-13(10)8-9(2)3/h9-10H,4-8H2,1-3H3,(H,12,14)/i1+1,2+1,3+1,8+1,9+1,13+1. The van der Waals surface area contributed by atoms with Crippen LogP contribution in [0.2, 0.25) is 0 Å². The molecule has 1 saturated heterocycles. The van der Waals surface area contributed by atoms with Crippen LogP contribution < -0.4 is 5.32 Å². The predicted molar refractivity (Wildman–Crippen MR) is 58.1 cm³/mol. The van der Waals surface area contributed by atoms with E-state index in [1.165, 1.54) is 0 Å². The summed E-state index contributed by atoms with van der Waals surface area (Å²) in [6.07, 6.45) is 2.19. The Morgan fingerprint density at radius 2 is 2.29 bits per heavy atom. The average molecular weight is 204 g/mol. The second-order valence-corrected chi connectivity index (χ2v) is 4.44. The summed E-state index contributed by atoms with van der Waals surface area (Å²) in [5, 5.41) is 2.91. The van der Waals surface area contributed by atoms with E-state index in [4.69, 9.17) is 0 Å². The number of carbonyl (C=O) groups is 1. The van der Waals surface area contributed by atoms with Gasteiger partial charge in [0.15, 0.2) is 0 Å². The molecule has 1 N–H and O–H groups in total. The fraction of sp³-hybridized carbons (Fsp3) is 0.909. The summed E-state index contributed by atoms with van der Waals surface area (Å²) in [4.78, 5) is 14.0. The summed E-state index contributed by atoms with van der Waals surface area (Å²) >= 11 is 0. The minimum Gasteiger partial charge on any atom is -0.355 e. The molecule has 0 aromatic heterocycles. The van der Waals surface area contributed by atoms with Gasteiger partial charge < -0.3 is 5.32 Å². The van der Waals surface area contributed by atoms with E-state index in [0.29, 0.717) is 5.92 Å². The lowest BCUT2D eigenvalue weighted by atomic mass is 10.2. The van der Waals surface area contributed by atoms with Crippen molar-refractivity contribution in [2.24, 2.45) is 5.92 Å². The van der Waals surface area contributed by atoms with Gasteiger partial charge in [0.25, 0.3) is 0 Å². The van der Waals surface area contributed by atoms with E-state index >= 15 is 0 Å². The molecule has 0 spiro atoms. The number of hydrogen-bond acceptors (Lipinski definition) is 2. The van der Waals surface area contributed by atoms with Gasteiger partial charge in [-0.2, -0.15) is 0 Å². The number of carbonyl (C=O) groups excluding carboxylic acids is 1. The van der Waals surface area contributed by atoms with E-state index in [-0.39, 0.29) is 11.9 Å². The number of hydrogen-bond donors (Lipinski definition) is 1. The van der Waals surface area contributed by atoms with Gasteiger partial charge in [-0.25, -0.2) is 0 Å². The quantitative estimate of drug-likeness (QED) is 0.552. The molecule has 1 aliphatic heterocycles. The molecular formula is C11H22N2O. The number of amides is 1. The molecule has 0 aliphatic carbocycles. The molecule has 1 rings (SSSR count). The molecule has 1 unspecified atom stereocenters. The van der Waals surface area contributed by atoms with Gasteiger partial charge in [-0.1, -0.05) is 13.8 Å². The molecule has 1 heterocycles. The lowest BCUT2D eigenvalue weighted by molar-refractivity contribution is -0.125. The van der Waals surface area contributed by atoms with Crippen LogP contribution in [0.1, 0.15) is 33.6 Å². The molecule has 1 atom stereocenters. The van der Waals surface area contributed by atoms with Gasteiger partial charge in [-0.05, 0) is 32.2 Å². The molecule has 3 heteroatoms. The first kappa shape index (κ1) is 11.5. The lowest BCUT2D eigenvalue weighted by Crippen LogP contribution is -2.44. The summed E-state index contributed by atoms with van der Waals surface area (Å²) in [7, 11) is 0. The molecule has 1 fully saturated rings. The Kier molecular flexibility index (Phi) is 4.39. The van der Waals surface area contributed by atoms with Crippen molar-refractivity contribution in [2.45, 2.75) is 39.7 Å². The zero-order chi connectivity index (χ0) is 10.6. The third-order valence-corrected chi connectivity index (χ3v) is 2.62. The summed E-state index contributed by atoms with van der Waals surface area (Å²) in [6.45, 7) is 9.24. The zero-order valence-electron chi connectivity index (χ0n) is 9.55. The van der Waals surface area contributed by atoms with Crippen LogP contribution in [0.3, 0.4) is 0 Å². The van der Waals surface area contributed by atoms with E-state index < -0.39 is 0 Å². The van der Waals surface area contributed by atoms with Gasteiger partial charge in [-0.3, -0.25) is 9.69 Å². The van der Waals surface area contributed by atoms with Crippen molar-refractivity contribution in [3.05, 3.63) is 0 Å². The Balaban J connectivity index is 2.46. The van der Waals surface area contributed by atoms with E-state index in [1.54, 1.807) is 0 Å². The van der Waals surface area contributed by atoms with Crippen LogP contribution in [0, 0.1) is 5.92 Å². The third kappa shape index (κ3) is 2.98. The molecule has 3 nitrogen and oxygen atoms in total. The highest BCUT2D eigenvalue weighted by molar-refractivity contribution is 5.81. The predicted octanol–water partition coefficient (Wildman–Crippen LogP) is 1.24. The molecular weight excluding hydrogens is 182 g/mol. The second-order valence-electron chi connectivity index (χ2n) is 4.44. The smallest absolute Gasteiger partial charge is 0.237 e. The maximum atomic E-state index is 11.7. The molecule has 0 aromatic carbocycles. The lowest BCUT2D eigenvalue weighted by Gasteiger charge is -2.24. The van der Waals surface area contributed by atoms with Crippen LogP contribution in [0.5, 0.6) is 0 Å². The summed E-state index contributed by atoms with van der Waals surface area (Å²) < 4.78 is 0. The van der Waals surface area contributed by atoms with Gasteiger partial charge in [-0.15, -0.1) is 0 Å². The first-order valence-electron chi connectivity index (χ1n) is 5.67. The normalized spacial score (nSPS) is 23.0. The molecule has 14 heavy (non-hydrogen) atoms. The van der Waals surface area contributed by atoms with Crippen molar-refractivity contribution in [3.8, 4) is 0 Å². The van der Waals surface area contributed by atoms with Crippen LogP contribution in [0.25, 0.3) is 0 Å². The Bertz CT molecular complexity index is 192. The van der Waals surface area contributed by atoms with E-state index in [2.05, 4.69) is 24.1 Å². The van der Waals surface area contributed by atoms with Crippen molar-refractivity contribution in [1.29, 1.82) is 0 Å². The minimum absolute atomic E-state index is 0.136. The first-order valence-corrected chi connectivity index (χ1v) is 5.67. The van der Waals surface area contributed by atoms with Crippen LogP contribution in [0.15, 0.2) is 0 Å². The molecule has 0 aromatic rings. The van der Waals surface area contributed by atoms with Gasteiger partial charge >= 0.3 is 0 Å². The van der Waals surface area contributed by atoms with Crippen LogP contribution in [-0.2, 0) is 4.79 Å². The molecule has 1 aliphatic rings. The highest BCUT2D eigenvalue weighted by atomic mass is 16.2. The highest BCUT2D eigenvalue weighted by Gasteiger charge is 2.30. The maximum absolute atomic E-state index is 11.7. The molecule has 0 saturated carbocycles. The van der Waals surface area contributed by atoms with Crippen molar-refractivity contribution in [2.75, 3.05) is 19.6 Å². The van der Waals surface area contributed by atoms with Gasteiger partial charge in [0.05, 0.1) is 6.04 Å². The van der Waals surface area contributed by atoms with Gasteiger partial charge in [0.2, 0.25) is 5.91 Å². The largest absolute Gasteiger partial charge is 0.355 e. The van der Waals surface area contributed by atoms with Gasteiger partial charge in [0, 0.05) is 13.1 Å². The maximum Gasteiger partial charge on any atom is 0.237 e. The molecule has 0 bridgehead atoms. The Labute approximate surface area is 86.9 Å². The van der Waals surface area contributed by atoms with Crippen molar-refractivity contribution < 1.29 is 4.79 Å². The Hall–Kier alpha value is -0.570. The van der Waals surface area contributed by atoms with Crippen LogP contribution in [-0.4, -0.2) is 36.5 Å². The van der Waals surface area contributed by atoms with E-state index in [1.807, 2.05) is 6.92 Å². The average Bonchev–Trinajstić information content (AvgIpc) is 2.51. The number of likely N-dealkylation sites (N-methyl/N-ethyl adjacent to an activating group) is 1. The summed E-state index contributed by atoms with van der Waals surface area (Å²) in [5.41, 5.74) is 0. The molecule has 82 valence electrons. The monoisotopic (exact) mass is 204 g/mol. The van der Waals surface area contributed by atoms with Crippen LogP contribution >= 0.6 is 0 Å². The second kappa shape index (κ2) is 5.35. The summed E-state index contributed by atoms with van der Waals surface area (Å²) in [6, 6.07) is 0.136. The SMILES string of the molecule is [13CH3]CNC(=O)C1CCC[15N]1[13CH2][13CH]([13CH3])[13CH3]. The number of nitrogens with one attached hydrogen (secondary N) is 1. The molecule has 0 radical (unpaired) electrons. The van der Waals surface area contributed by atoms with E-state index in [0.717, 1.165) is 32.5 Å². The first-order chi connectivity index (χ1) is 6.65. The van der Waals surface area contributed by atoms with E-state index in [9.17, 15) is 4.79 Å². The fourth-order valence-electron chi connectivity index (χ4n) is 2.10. The van der Waals surface area contributed by atoms with Crippen LogP contribution in [0.4, 0.5) is 0 Å². The Morgan fingerprint density at radius 1 is 1.57 bits per heavy atom. The van der Waals surface area contributed by atoms with Crippen molar-refractivity contribution in [3.63, 3.8) is 0 Å². The fourth-order valence-corrected chi connectivity index (χ4v) is 2.10. The third-order valence-electron chi connectivity index (χ3n) is 2.62. The number of nitrogens with zero attached hydrogens (tertiary/aromatic N) is 1. The van der Waals surface area contributed by atoms with Crippen molar-refractivity contribution >= 4 is 5.91 Å². The molecule has 1 amide bonds. The number of rotatable bonds is 4. The number of likely N-dealkylation sites (tertiary alicyclic amines) is 1. The topological polar surface area (TPSA) is 32.3 Å². The van der Waals surface area contributed by atoms with Gasteiger partial charge in [0.1, 0.15) is 0 Å². The highest BCUT2D eigenvalue weighted by Crippen LogP contribution is 2.18.